The number of amides is 2. The smallest absolute Gasteiger partial charge is 0.314 e. The van der Waals surface area contributed by atoms with Crippen LogP contribution in [-0.2, 0) is 6.61 Å². The van der Waals surface area contributed by atoms with Gasteiger partial charge in [0.25, 0.3) is 0 Å². The van der Waals surface area contributed by atoms with Gasteiger partial charge in [0.05, 0.1) is 5.39 Å². The Bertz CT molecular complexity index is 1330. The Labute approximate surface area is 210 Å². The number of nitrogens with zero attached hydrogens (tertiary/aromatic N) is 3. The third kappa shape index (κ3) is 5.12. The summed E-state index contributed by atoms with van der Waals surface area (Å²) < 4.78 is 8.31. The molecule has 2 heterocycles. The van der Waals surface area contributed by atoms with Crippen molar-refractivity contribution >= 4 is 22.9 Å². The Hall–Kier alpha value is -4.07. The van der Waals surface area contributed by atoms with Crippen molar-refractivity contribution < 1.29 is 9.53 Å². The van der Waals surface area contributed by atoms with Gasteiger partial charge in [-0.15, -0.1) is 0 Å². The Morgan fingerprint density at radius 1 is 1.08 bits per heavy atom. The van der Waals surface area contributed by atoms with Crippen LogP contribution >= 0.6 is 0 Å². The molecule has 4 N–H and O–H groups in total. The van der Waals surface area contributed by atoms with E-state index in [-0.39, 0.29) is 18.1 Å². The Morgan fingerprint density at radius 3 is 2.67 bits per heavy atom. The third-order valence-electron chi connectivity index (χ3n) is 6.79. The summed E-state index contributed by atoms with van der Waals surface area (Å²) in [4.78, 5) is 20.8. The number of ether oxygens (including phenoxy) is 1. The van der Waals surface area contributed by atoms with Crippen molar-refractivity contribution in [2.24, 2.45) is 0 Å². The van der Waals surface area contributed by atoms with E-state index in [0.29, 0.717) is 19.0 Å². The number of urea groups is 1. The quantitative estimate of drug-likeness (QED) is 0.340. The van der Waals surface area contributed by atoms with E-state index in [4.69, 9.17) is 10.5 Å². The fraction of sp³-hybridized carbons (Fsp3) is 0.321. The van der Waals surface area contributed by atoms with E-state index in [2.05, 4.69) is 49.6 Å². The van der Waals surface area contributed by atoms with Gasteiger partial charge in [-0.25, -0.2) is 14.8 Å². The highest BCUT2D eigenvalue weighted by molar-refractivity contribution is 6.00. The molecule has 0 spiro atoms. The maximum atomic E-state index is 11.9. The Balaban J connectivity index is 1.39. The van der Waals surface area contributed by atoms with Crippen molar-refractivity contribution in [1.29, 1.82) is 0 Å². The minimum absolute atomic E-state index is 0.0930. The van der Waals surface area contributed by atoms with Crippen molar-refractivity contribution in [1.82, 2.24) is 25.2 Å². The number of hydrogen-bond acceptors (Lipinski definition) is 5. The summed E-state index contributed by atoms with van der Waals surface area (Å²) in [6.45, 7) is 3.05. The van der Waals surface area contributed by atoms with E-state index in [9.17, 15) is 4.79 Å². The molecule has 0 bridgehead atoms. The molecule has 2 aromatic carbocycles. The monoisotopic (exact) mass is 484 g/mol. The van der Waals surface area contributed by atoms with E-state index in [1.165, 1.54) is 6.33 Å². The maximum absolute atomic E-state index is 11.9. The summed E-state index contributed by atoms with van der Waals surface area (Å²) >= 11 is 0. The fourth-order valence-electron chi connectivity index (χ4n) is 5.00. The standard InChI is InChI=1S/C28H32N6O2/c1-2-30-28(35)33-21-11-13-22(14-12-21)34-16-24(25-26(29)31-18-32-27(25)34)20-9-6-10-23(15-20)36-17-19-7-4-3-5-8-19/h3-10,15-16,18,21-22H,2,11-14,17H2,1H3,(H2,29,31,32)(H2,30,33,35)/t21-,22+. The number of aromatic nitrogens is 3. The summed E-state index contributed by atoms with van der Waals surface area (Å²) in [5.74, 6) is 1.26. The Kier molecular flexibility index (Phi) is 7.02. The summed E-state index contributed by atoms with van der Waals surface area (Å²) in [6.07, 6.45) is 7.41. The van der Waals surface area contributed by atoms with Crippen LogP contribution < -0.4 is 21.1 Å². The van der Waals surface area contributed by atoms with Crippen LogP contribution in [0.15, 0.2) is 67.1 Å². The average Bonchev–Trinajstić information content (AvgIpc) is 3.30. The van der Waals surface area contributed by atoms with Gasteiger partial charge in [-0.05, 0) is 55.9 Å². The number of benzene rings is 2. The second-order valence-corrected chi connectivity index (χ2v) is 9.22. The van der Waals surface area contributed by atoms with Crippen LogP contribution in [0.25, 0.3) is 22.2 Å². The minimum atomic E-state index is -0.0930. The lowest BCUT2D eigenvalue weighted by atomic mass is 9.91. The number of nitrogen functional groups attached to an aromatic ring is 1. The number of carbonyl (C=O) groups excluding carboxylic acids is 1. The predicted molar refractivity (Wildman–Crippen MR) is 142 cm³/mol. The molecule has 1 aliphatic carbocycles. The van der Waals surface area contributed by atoms with Crippen LogP contribution in [-0.4, -0.2) is 33.2 Å². The average molecular weight is 485 g/mol. The topological polar surface area (TPSA) is 107 Å². The van der Waals surface area contributed by atoms with Crippen LogP contribution in [0.4, 0.5) is 10.6 Å². The van der Waals surface area contributed by atoms with Gasteiger partial charge in [0, 0.05) is 30.4 Å². The molecular formula is C28H32N6O2. The second-order valence-electron chi connectivity index (χ2n) is 9.22. The van der Waals surface area contributed by atoms with Gasteiger partial charge in [0.1, 0.15) is 30.1 Å². The molecule has 0 unspecified atom stereocenters. The lowest BCUT2D eigenvalue weighted by Gasteiger charge is -2.30. The van der Waals surface area contributed by atoms with Gasteiger partial charge < -0.3 is 25.7 Å². The molecule has 1 aliphatic rings. The van der Waals surface area contributed by atoms with E-state index in [0.717, 1.165) is 59.2 Å². The van der Waals surface area contributed by atoms with Crippen molar-refractivity contribution in [3.05, 3.63) is 72.7 Å². The maximum Gasteiger partial charge on any atom is 0.314 e. The molecular weight excluding hydrogens is 452 g/mol. The molecule has 4 aromatic rings. The van der Waals surface area contributed by atoms with Crippen LogP contribution in [0.2, 0.25) is 0 Å². The zero-order chi connectivity index (χ0) is 24.9. The zero-order valence-electron chi connectivity index (χ0n) is 20.5. The molecule has 1 saturated carbocycles. The molecule has 0 saturated heterocycles. The molecule has 36 heavy (non-hydrogen) atoms. The number of hydrogen-bond donors (Lipinski definition) is 3. The molecule has 1 fully saturated rings. The van der Waals surface area contributed by atoms with Gasteiger partial charge in [0.15, 0.2) is 0 Å². The summed E-state index contributed by atoms with van der Waals surface area (Å²) in [7, 11) is 0. The summed E-state index contributed by atoms with van der Waals surface area (Å²) in [6, 6.07) is 18.6. The summed E-state index contributed by atoms with van der Waals surface area (Å²) in [5.41, 5.74) is 10.3. The van der Waals surface area contributed by atoms with Crippen molar-refractivity contribution in [3.8, 4) is 16.9 Å². The van der Waals surface area contributed by atoms with Gasteiger partial charge in [-0.2, -0.15) is 0 Å². The van der Waals surface area contributed by atoms with Gasteiger partial charge in [-0.1, -0.05) is 42.5 Å². The van der Waals surface area contributed by atoms with Crippen molar-refractivity contribution in [2.75, 3.05) is 12.3 Å². The molecule has 0 atom stereocenters. The van der Waals surface area contributed by atoms with Crippen LogP contribution in [0.3, 0.4) is 0 Å². The number of carbonyl (C=O) groups is 1. The highest BCUT2D eigenvalue weighted by Crippen LogP contribution is 2.38. The lowest BCUT2D eigenvalue weighted by molar-refractivity contribution is 0.228. The first kappa shape index (κ1) is 23.7. The molecule has 5 rings (SSSR count). The normalized spacial score (nSPS) is 17.6. The minimum Gasteiger partial charge on any atom is -0.489 e. The molecule has 2 aromatic heterocycles. The molecule has 2 amide bonds. The van der Waals surface area contributed by atoms with Crippen LogP contribution in [0.5, 0.6) is 5.75 Å². The highest BCUT2D eigenvalue weighted by Gasteiger charge is 2.26. The van der Waals surface area contributed by atoms with Crippen molar-refractivity contribution in [2.45, 2.75) is 51.3 Å². The SMILES string of the molecule is CCNC(=O)N[C@H]1CC[C@@H](n2cc(-c3cccc(OCc4ccccc4)c3)c3c(N)ncnc32)CC1. The highest BCUT2D eigenvalue weighted by atomic mass is 16.5. The molecule has 8 heteroatoms. The largest absolute Gasteiger partial charge is 0.489 e. The zero-order valence-corrected chi connectivity index (χ0v) is 20.5. The van der Waals surface area contributed by atoms with Crippen LogP contribution in [0.1, 0.15) is 44.2 Å². The number of fused-ring (bicyclic) bond motifs is 1. The third-order valence-corrected chi connectivity index (χ3v) is 6.79. The predicted octanol–water partition coefficient (Wildman–Crippen LogP) is 5.06. The fourth-order valence-corrected chi connectivity index (χ4v) is 5.00. The van der Waals surface area contributed by atoms with E-state index >= 15 is 0 Å². The molecule has 0 radical (unpaired) electrons. The molecule has 186 valence electrons. The van der Waals surface area contributed by atoms with E-state index in [1.807, 2.05) is 43.3 Å². The summed E-state index contributed by atoms with van der Waals surface area (Å²) in [5, 5.41) is 6.76. The van der Waals surface area contributed by atoms with Gasteiger partial charge in [-0.3, -0.25) is 0 Å². The number of nitrogens with two attached hydrogens (primary N) is 1. The molecule has 8 nitrogen and oxygen atoms in total. The lowest BCUT2D eigenvalue weighted by Crippen LogP contribution is -2.43. The second kappa shape index (κ2) is 10.7. The number of rotatable bonds is 7. The van der Waals surface area contributed by atoms with Gasteiger partial charge >= 0.3 is 6.03 Å². The first-order valence-electron chi connectivity index (χ1n) is 12.5. The molecule has 0 aliphatic heterocycles. The van der Waals surface area contributed by atoms with Gasteiger partial charge in [0.2, 0.25) is 0 Å². The number of anilines is 1. The first-order chi connectivity index (χ1) is 17.6. The number of nitrogens with one attached hydrogen (secondary N) is 2. The van der Waals surface area contributed by atoms with Crippen molar-refractivity contribution in [3.63, 3.8) is 0 Å². The Morgan fingerprint density at radius 2 is 1.89 bits per heavy atom. The van der Waals surface area contributed by atoms with E-state index < -0.39 is 0 Å². The first-order valence-corrected chi connectivity index (χ1v) is 12.5. The van der Waals surface area contributed by atoms with Crippen LogP contribution in [0, 0.1) is 0 Å². The van der Waals surface area contributed by atoms with E-state index in [1.54, 1.807) is 0 Å².